The predicted molar refractivity (Wildman–Crippen MR) is 60.0 cm³/mol. The van der Waals surface area contributed by atoms with Crippen molar-refractivity contribution in [2.45, 2.75) is 44.3 Å². The van der Waals surface area contributed by atoms with Gasteiger partial charge >= 0.3 is 7.82 Å². The fraction of sp³-hybridized carbons (Fsp3) is 1.00. The molecule has 98 valence electrons. The number of aliphatic hydroxyl groups is 1. The minimum absolute atomic E-state index is 0.217. The van der Waals surface area contributed by atoms with Crippen molar-refractivity contribution in [2.24, 2.45) is 23.7 Å². The van der Waals surface area contributed by atoms with E-state index in [4.69, 9.17) is 14.3 Å². The molecule has 4 fully saturated rings. The standard InChI is InChI=1S/C11H19O5P/c12-10-3-6-1-8-4-7(10)5-9(2-6)11(8)16-17(13,14)15/h6-12H,1-5H2,(H2,13,14,15). The molecule has 0 radical (unpaired) electrons. The molecule has 0 aliphatic heterocycles. The van der Waals surface area contributed by atoms with Crippen LogP contribution in [-0.4, -0.2) is 27.1 Å². The highest BCUT2D eigenvalue weighted by molar-refractivity contribution is 7.46. The lowest BCUT2D eigenvalue weighted by Crippen LogP contribution is -2.42. The Morgan fingerprint density at radius 3 is 2.06 bits per heavy atom. The van der Waals surface area contributed by atoms with Gasteiger partial charge in [0.2, 0.25) is 0 Å². The summed E-state index contributed by atoms with van der Waals surface area (Å²) in [6.45, 7) is 0. The van der Waals surface area contributed by atoms with Gasteiger partial charge < -0.3 is 14.9 Å². The first-order valence-corrected chi connectivity index (χ1v) is 7.87. The minimum atomic E-state index is -4.39. The van der Waals surface area contributed by atoms with Crippen molar-refractivity contribution in [1.82, 2.24) is 0 Å². The number of aliphatic hydroxyl groups excluding tert-OH is 1. The maximum Gasteiger partial charge on any atom is 0.469 e. The highest BCUT2D eigenvalue weighted by atomic mass is 31.2. The first-order chi connectivity index (χ1) is 7.92. The molecule has 0 aromatic carbocycles. The lowest BCUT2D eigenvalue weighted by Gasteiger charge is -2.45. The van der Waals surface area contributed by atoms with E-state index in [1.54, 1.807) is 0 Å². The molecule has 5 nitrogen and oxygen atoms in total. The van der Waals surface area contributed by atoms with Crippen molar-refractivity contribution in [1.29, 1.82) is 0 Å². The lowest BCUT2D eigenvalue weighted by atomic mass is 9.66. The largest absolute Gasteiger partial charge is 0.469 e. The van der Waals surface area contributed by atoms with Crippen LogP contribution >= 0.6 is 7.82 Å². The molecule has 0 aromatic rings. The number of hydrogen-bond donors (Lipinski definition) is 3. The maximum atomic E-state index is 11.0. The summed E-state index contributed by atoms with van der Waals surface area (Å²) in [5, 5.41) is 10.0. The summed E-state index contributed by atoms with van der Waals surface area (Å²) in [5.41, 5.74) is 0. The molecule has 3 atom stereocenters. The van der Waals surface area contributed by atoms with Crippen molar-refractivity contribution in [3.8, 4) is 0 Å². The van der Waals surface area contributed by atoms with Gasteiger partial charge in [-0.15, -0.1) is 0 Å². The van der Waals surface area contributed by atoms with Gasteiger partial charge in [-0.25, -0.2) is 4.57 Å². The number of fused-ring (bicyclic) bond motifs is 1. The summed E-state index contributed by atoms with van der Waals surface area (Å²) in [4.78, 5) is 17.9. The molecule has 0 aromatic heterocycles. The van der Waals surface area contributed by atoms with Gasteiger partial charge in [0, 0.05) is 0 Å². The molecule has 6 heteroatoms. The molecule has 3 unspecified atom stereocenters. The van der Waals surface area contributed by atoms with Gasteiger partial charge in [0.15, 0.2) is 0 Å². The zero-order valence-corrected chi connectivity index (χ0v) is 10.5. The van der Waals surface area contributed by atoms with Gasteiger partial charge in [0.05, 0.1) is 12.2 Å². The molecular weight excluding hydrogens is 243 g/mol. The molecule has 3 N–H and O–H groups in total. The highest BCUT2D eigenvalue weighted by Gasteiger charge is 2.50. The van der Waals surface area contributed by atoms with Crippen molar-refractivity contribution in [2.75, 3.05) is 0 Å². The van der Waals surface area contributed by atoms with E-state index in [9.17, 15) is 9.67 Å². The average molecular weight is 262 g/mol. The Bertz CT molecular complexity index is 338. The average Bonchev–Trinajstić information content (AvgIpc) is 2.35. The molecular formula is C11H19O5P. The molecule has 0 amide bonds. The summed E-state index contributed by atoms with van der Waals surface area (Å²) in [7, 11) is -4.39. The molecule has 4 bridgehead atoms. The third-order valence-corrected chi connectivity index (χ3v) is 5.31. The lowest BCUT2D eigenvalue weighted by molar-refractivity contribution is -0.0425. The second-order valence-electron chi connectivity index (χ2n) is 5.95. The molecule has 4 saturated carbocycles. The van der Waals surface area contributed by atoms with Crippen LogP contribution in [0.5, 0.6) is 0 Å². The van der Waals surface area contributed by atoms with Gasteiger partial charge in [-0.3, -0.25) is 4.52 Å². The Balaban J connectivity index is 1.81. The van der Waals surface area contributed by atoms with Gasteiger partial charge in [-0.05, 0) is 55.8 Å². The van der Waals surface area contributed by atoms with E-state index in [-0.39, 0.29) is 24.0 Å². The second kappa shape index (κ2) is 4.04. The summed E-state index contributed by atoms with van der Waals surface area (Å²) >= 11 is 0. The van der Waals surface area contributed by atoms with Crippen LogP contribution in [0.1, 0.15) is 32.1 Å². The second-order valence-corrected chi connectivity index (χ2v) is 7.14. The number of hydrogen-bond acceptors (Lipinski definition) is 3. The van der Waals surface area contributed by atoms with Crippen molar-refractivity contribution >= 4 is 7.82 Å². The fourth-order valence-corrected chi connectivity index (χ4v) is 4.97. The SMILES string of the molecule is O=P(O)(O)OC1C2CC3CC(O)C(C2)CC1C3. The van der Waals surface area contributed by atoms with Crippen LogP contribution in [0.25, 0.3) is 0 Å². The third-order valence-electron chi connectivity index (χ3n) is 4.79. The summed E-state index contributed by atoms with van der Waals surface area (Å²) in [6, 6.07) is 0. The molecule has 0 spiro atoms. The number of rotatable bonds is 2. The van der Waals surface area contributed by atoms with Crippen LogP contribution in [0.3, 0.4) is 0 Å². The van der Waals surface area contributed by atoms with E-state index in [1.807, 2.05) is 0 Å². The van der Waals surface area contributed by atoms with Crippen LogP contribution in [0.4, 0.5) is 0 Å². The van der Waals surface area contributed by atoms with E-state index in [0.29, 0.717) is 11.8 Å². The molecule has 4 rings (SSSR count). The van der Waals surface area contributed by atoms with Crippen LogP contribution in [-0.2, 0) is 9.09 Å². The Kier molecular flexibility index (Phi) is 2.88. The van der Waals surface area contributed by atoms with Crippen molar-refractivity contribution in [3.05, 3.63) is 0 Å². The van der Waals surface area contributed by atoms with E-state index in [2.05, 4.69) is 0 Å². The normalized spacial score (nSPS) is 49.4. The summed E-state index contributed by atoms with van der Waals surface area (Å²) in [6.07, 6.45) is 3.97. The summed E-state index contributed by atoms with van der Waals surface area (Å²) < 4.78 is 16.0. The zero-order chi connectivity index (χ0) is 12.2. The van der Waals surface area contributed by atoms with E-state index < -0.39 is 7.82 Å². The third kappa shape index (κ3) is 2.32. The monoisotopic (exact) mass is 262 g/mol. The molecule has 0 saturated heterocycles. The number of phosphoric ester groups is 1. The minimum Gasteiger partial charge on any atom is -0.393 e. The van der Waals surface area contributed by atoms with Gasteiger partial charge in [-0.2, -0.15) is 0 Å². The van der Waals surface area contributed by atoms with E-state index in [1.165, 1.54) is 0 Å². The summed E-state index contributed by atoms with van der Waals surface area (Å²) in [5.74, 6) is 1.28. The molecule has 4 aliphatic rings. The van der Waals surface area contributed by atoms with Crippen LogP contribution in [0.2, 0.25) is 0 Å². The topological polar surface area (TPSA) is 87.0 Å². The Morgan fingerprint density at radius 2 is 1.53 bits per heavy atom. The first-order valence-electron chi connectivity index (χ1n) is 6.34. The molecule has 0 heterocycles. The van der Waals surface area contributed by atoms with Crippen LogP contribution < -0.4 is 0 Å². The quantitative estimate of drug-likeness (QED) is 0.652. The van der Waals surface area contributed by atoms with Crippen LogP contribution in [0.15, 0.2) is 0 Å². The van der Waals surface area contributed by atoms with Gasteiger partial charge in [0.1, 0.15) is 0 Å². The van der Waals surface area contributed by atoms with Crippen LogP contribution in [0, 0.1) is 23.7 Å². The zero-order valence-electron chi connectivity index (χ0n) is 9.60. The smallest absolute Gasteiger partial charge is 0.393 e. The van der Waals surface area contributed by atoms with Gasteiger partial charge in [0.25, 0.3) is 0 Å². The Labute approximate surface area is 100 Å². The Hall–Kier alpha value is 0.0700. The van der Waals surface area contributed by atoms with Crippen molar-refractivity contribution in [3.63, 3.8) is 0 Å². The predicted octanol–water partition coefficient (Wildman–Crippen LogP) is 1.28. The number of phosphoric acid groups is 1. The first kappa shape index (κ1) is 12.1. The van der Waals surface area contributed by atoms with E-state index in [0.717, 1.165) is 32.1 Å². The molecule has 4 aliphatic carbocycles. The fourth-order valence-electron chi connectivity index (χ4n) is 4.31. The van der Waals surface area contributed by atoms with Gasteiger partial charge in [-0.1, -0.05) is 0 Å². The maximum absolute atomic E-state index is 11.0. The highest BCUT2D eigenvalue weighted by Crippen LogP contribution is 2.55. The Morgan fingerprint density at radius 1 is 0.941 bits per heavy atom. The molecule has 17 heavy (non-hydrogen) atoms. The van der Waals surface area contributed by atoms with E-state index >= 15 is 0 Å². The van der Waals surface area contributed by atoms with Crippen molar-refractivity contribution < 1.29 is 24.0 Å².